The van der Waals surface area contributed by atoms with Gasteiger partial charge >= 0.3 is 0 Å². The maximum absolute atomic E-state index is 12.2. The molecule has 0 heterocycles. The van der Waals surface area contributed by atoms with Crippen LogP contribution in [0.4, 0.5) is 0 Å². The van der Waals surface area contributed by atoms with Crippen LogP contribution in [0.25, 0.3) is 0 Å². The first kappa shape index (κ1) is 19.4. The zero-order valence-electron chi connectivity index (χ0n) is 15.6. The van der Waals surface area contributed by atoms with Gasteiger partial charge in [0.05, 0.1) is 12.6 Å². The number of rotatable bonds is 7. The standard InChI is InChI=1S/C20H31N3O2/c1-14(2)18(21)19(25)22-12-17(24)23-13-20(9-4-5-10-20)16-8-6-7-15(3)11-16/h6-8,11,14,18H,4-5,9-10,12-13,21H2,1-3H3,(H,22,25)(H,23,24)/t18-/m0/s1. The average Bonchev–Trinajstić information content (AvgIpc) is 3.07. The zero-order chi connectivity index (χ0) is 18.4. The molecule has 0 aromatic heterocycles. The van der Waals surface area contributed by atoms with E-state index in [4.69, 9.17) is 5.73 Å². The lowest BCUT2D eigenvalue weighted by molar-refractivity contribution is -0.127. The summed E-state index contributed by atoms with van der Waals surface area (Å²) in [5.74, 6) is -0.395. The molecule has 0 radical (unpaired) electrons. The number of benzene rings is 1. The molecular weight excluding hydrogens is 314 g/mol. The van der Waals surface area contributed by atoms with Crippen LogP contribution >= 0.6 is 0 Å². The second-order valence-electron chi connectivity index (χ2n) is 7.62. The summed E-state index contributed by atoms with van der Waals surface area (Å²) < 4.78 is 0. The third-order valence-electron chi connectivity index (χ3n) is 5.26. The van der Waals surface area contributed by atoms with Crippen molar-refractivity contribution in [2.75, 3.05) is 13.1 Å². The summed E-state index contributed by atoms with van der Waals surface area (Å²) in [7, 11) is 0. The van der Waals surface area contributed by atoms with E-state index in [-0.39, 0.29) is 29.7 Å². The Morgan fingerprint density at radius 3 is 2.48 bits per heavy atom. The number of carbonyl (C=O) groups is 2. The smallest absolute Gasteiger partial charge is 0.239 e. The summed E-state index contributed by atoms with van der Waals surface area (Å²) in [5, 5.41) is 5.64. The van der Waals surface area contributed by atoms with Gasteiger partial charge in [0.2, 0.25) is 11.8 Å². The Labute approximate surface area is 150 Å². The highest BCUT2D eigenvalue weighted by Crippen LogP contribution is 2.40. The molecule has 1 aliphatic carbocycles. The van der Waals surface area contributed by atoms with Crippen LogP contribution in [-0.2, 0) is 15.0 Å². The molecule has 1 fully saturated rings. The molecule has 1 aromatic carbocycles. The Morgan fingerprint density at radius 2 is 1.88 bits per heavy atom. The monoisotopic (exact) mass is 345 g/mol. The molecule has 1 aromatic rings. The second-order valence-corrected chi connectivity index (χ2v) is 7.62. The van der Waals surface area contributed by atoms with E-state index in [0.717, 1.165) is 12.8 Å². The maximum Gasteiger partial charge on any atom is 0.239 e. The van der Waals surface area contributed by atoms with Crippen molar-refractivity contribution in [2.45, 2.75) is 57.9 Å². The number of nitrogens with two attached hydrogens (primary N) is 1. The second kappa shape index (κ2) is 8.48. The minimum Gasteiger partial charge on any atom is -0.354 e. The molecule has 5 heteroatoms. The van der Waals surface area contributed by atoms with Gasteiger partial charge in [-0.25, -0.2) is 0 Å². The lowest BCUT2D eigenvalue weighted by Gasteiger charge is -2.30. The number of carbonyl (C=O) groups excluding carboxylic acids is 2. The van der Waals surface area contributed by atoms with Gasteiger partial charge in [-0.15, -0.1) is 0 Å². The lowest BCUT2D eigenvalue weighted by atomic mass is 9.78. The Kier molecular flexibility index (Phi) is 6.59. The van der Waals surface area contributed by atoms with Crippen LogP contribution in [0.3, 0.4) is 0 Å². The first-order valence-electron chi connectivity index (χ1n) is 9.21. The van der Waals surface area contributed by atoms with Gasteiger partial charge in [-0.3, -0.25) is 9.59 Å². The molecule has 5 nitrogen and oxygen atoms in total. The van der Waals surface area contributed by atoms with Crippen LogP contribution in [-0.4, -0.2) is 30.9 Å². The van der Waals surface area contributed by atoms with Crippen LogP contribution in [0.1, 0.15) is 50.7 Å². The molecule has 1 saturated carbocycles. The summed E-state index contributed by atoms with van der Waals surface area (Å²) in [5.41, 5.74) is 8.34. The van der Waals surface area contributed by atoms with Crippen LogP contribution in [0.2, 0.25) is 0 Å². The lowest BCUT2D eigenvalue weighted by Crippen LogP contribution is -2.48. The first-order chi connectivity index (χ1) is 11.8. The van der Waals surface area contributed by atoms with Gasteiger partial charge in [-0.1, -0.05) is 56.5 Å². The van der Waals surface area contributed by atoms with Gasteiger partial charge < -0.3 is 16.4 Å². The van der Waals surface area contributed by atoms with Gasteiger partial charge in [0.1, 0.15) is 0 Å². The molecule has 0 aliphatic heterocycles. The van der Waals surface area contributed by atoms with Crippen molar-refractivity contribution in [3.05, 3.63) is 35.4 Å². The van der Waals surface area contributed by atoms with Crippen LogP contribution in [0.5, 0.6) is 0 Å². The fraction of sp³-hybridized carbons (Fsp3) is 0.600. The highest BCUT2D eigenvalue weighted by molar-refractivity contribution is 5.87. The Balaban J connectivity index is 1.91. The van der Waals surface area contributed by atoms with Gasteiger partial charge in [-0.2, -0.15) is 0 Å². The number of nitrogens with one attached hydrogen (secondary N) is 2. The van der Waals surface area contributed by atoms with E-state index in [1.807, 2.05) is 13.8 Å². The SMILES string of the molecule is Cc1cccc(C2(CNC(=O)CNC(=O)[C@@H](N)C(C)C)CCCC2)c1. The molecule has 2 rings (SSSR count). The Morgan fingerprint density at radius 1 is 1.20 bits per heavy atom. The number of amides is 2. The van der Waals surface area contributed by atoms with Crippen molar-refractivity contribution in [3.8, 4) is 0 Å². The third-order valence-corrected chi connectivity index (χ3v) is 5.26. The van der Waals surface area contributed by atoms with Crippen molar-refractivity contribution < 1.29 is 9.59 Å². The molecule has 4 N–H and O–H groups in total. The van der Waals surface area contributed by atoms with Crippen molar-refractivity contribution in [3.63, 3.8) is 0 Å². The molecule has 2 amide bonds. The van der Waals surface area contributed by atoms with E-state index >= 15 is 0 Å². The predicted octanol–water partition coefficient (Wildman–Crippen LogP) is 2.02. The minimum atomic E-state index is -0.582. The molecule has 0 unspecified atom stereocenters. The van der Waals surface area contributed by atoms with Crippen molar-refractivity contribution >= 4 is 11.8 Å². The molecule has 0 saturated heterocycles. The minimum absolute atomic E-state index is 0.0139. The van der Waals surface area contributed by atoms with Crippen molar-refractivity contribution in [1.29, 1.82) is 0 Å². The van der Waals surface area contributed by atoms with E-state index in [1.165, 1.54) is 24.0 Å². The van der Waals surface area contributed by atoms with Crippen LogP contribution < -0.4 is 16.4 Å². The Bertz CT molecular complexity index is 607. The highest BCUT2D eigenvalue weighted by Gasteiger charge is 2.35. The summed E-state index contributed by atoms with van der Waals surface area (Å²) >= 11 is 0. The number of aryl methyl sites for hydroxylation is 1. The van der Waals surface area contributed by atoms with Gasteiger partial charge in [0.15, 0.2) is 0 Å². The fourth-order valence-corrected chi connectivity index (χ4v) is 3.51. The Hall–Kier alpha value is -1.88. The van der Waals surface area contributed by atoms with Crippen molar-refractivity contribution in [2.24, 2.45) is 11.7 Å². The summed E-state index contributed by atoms with van der Waals surface area (Å²) in [6.07, 6.45) is 4.54. The summed E-state index contributed by atoms with van der Waals surface area (Å²) in [4.78, 5) is 24.0. The van der Waals surface area contributed by atoms with E-state index in [0.29, 0.717) is 6.54 Å². The van der Waals surface area contributed by atoms with E-state index in [2.05, 4.69) is 41.8 Å². The van der Waals surface area contributed by atoms with Gasteiger partial charge in [0, 0.05) is 12.0 Å². The van der Waals surface area contributed by atoms with E-state index < -0.39 is 6.04 Å². The van der Waals surface area contributed by atoms with Crippen LogP contribution in [0.15, 0.2) is 24.3 Å². The predicted molar refractivity (Wildman–Crippen MR) is 100 cm³/mol. The molecular formula is C20H31N3O2. The number of hydrogen-bond donors (Lipinski definition) is 3. The average molecular weight is 345 g/mol. The molecule has 25 heavy (non-hydrogen) atoms. The molecule has 0 spiro atoms. The molecule has 138 valence electrons. The van der Waals surface area contributed by atoms with Crippen molar-refractivity contribution in [1.82, 2.24) is 10.6 Å². The van der Waals surface area contributed by atoms with Crippen LogP contribution in [0, 0.1) is 12.8 Å². The van der Waals surface area contributed by atoms with Gasteiger partial charge in [-0.05, 0) is 31.2 Å². The topological polar surface area (TPSA) is 84.2 Å². The first-order valence-corrected chi connectivity index (χ1v) is 9.21. The van der Waals surface area contributed by atoms with E-state index in [1.54, 1.807) is 0 Å². The van der Waals surface area contributed by atoms with E-state index in [9.17, 15) is 9.59 Å². The largest absolute Gasteiger partial charge is 0.354 e. The van der Waals surface area contributed by atoms with Gasteiger partial charge in [0.25, 0.3) is 0 Å². The molecule has 0 bridgehead atoms. The molecule has 1 aliphatic rings. The fourth-order valence-electron chi connectivity index (χ4n) is 3.51. The number of hydrogen-bond acceptors (Lipinski definition) is 3. The highest BCUT2D eigenvalue weighted by atomic mass is 16.2. The maximum atomic E-state index is 12.2. The third kappa shape index (κ3) is 5.05. The zero-order valence-corrected chi connectivity index (χ0v) is 15.6. The summed E-state index contributed by atoms with van der Waals surface area (Å²) in [6.45, 7) is 6.45. The molecule has 1 atom stereocenters. The quantitative estimate of drug-likeness (QED) is 0.707. The normalized spacial score (nSPS) is 17.3. The summed E-state index contributed by atoms with van der Waals surface area (Å²) in [6, 6.07) is 7.98.